The highest BCUT2D eigenvalue weighted by Gasteiger charge is 2.50. The van der Waals surface area contributed by atoms with Crippen LogP contribution in [-0.4, -0.2) is 19.9 Å². The molecule has 0 saturated heterocycles. The number of fused-ring (bicyclic) bond motifs is 1. The third-order valence-corrected chi connectivity index (χ3v) is 12.4. The molecule has 4 aromatic rings. The molecule has 33 heavy (non-hydrogen) atoms. The number of nitrogens with one attached hydrogen (secondary N) is 1. The fourth-order valence-electron chi connectivity index (χ4n) is 4.93. The van der Waals surface area contributed by atoms with Gasteiger partial charge in [0.05, 0.1) is 3.70 Å². The Labute approximate surface area is 213 Å². The monoisotopic (exact) mass is 567 g/mol. The van der Waals surface area contributed by atoms with E-state index in [-0.39, 0.29) is 10.5 Å². The van der Waals surface area contributed by atoms with Gasteiger partial charge < -0.3 is 9.41 Å². The zero-order valence-electron chi connectivity index (χ0n) is 20.3. The summed E-state index contributed by atoms with van der Waals surface area (Å²) < 4.78 is 8.49. The molecule has 4 rings (SSSR count). The molecule has 3 aromatic carbocycles. The van der Waals surface area contributed by atoms with Gasteiger partial charge in [-0.1, -0.05) is 113 Å². The molecule has 0 spiro atoms. The van der Waals surface area contributed by atoms with Crippen molar-refractivity contribution in [2.24, 2.45) is 5.41 Å². The van der Waals surface area contributed by atoms with Crippen molar-refractivity contribution in [1.82, 2.24) is 4.98 Å². The molecule has 2 nitrogen and oxygen atoms in total. The Balaban J connectivity index is 1.72. The fourth-order valence-corrected chi connectivity index (χ4v) is 10.5. The predicted molar refractivity (Wildman–Crippen MR) is 152 cm³/mol. The summed E-state index contributed by atoms with van der Waals surface area (Å²) >= 11 is 2.44. The summed E-state index contributed by atoms with van der Waals surface area (Å²) in [6, 6.07) is 30.4. The number of hydrogen-bond acceptors (Lipinski definition) is 1. The van der Waals surface area contributed by atoms with Crippen LogP contribution >= 0.6 is 22.6 Å². The lowest BCUT2D eigenvalue weighted by Gasteiger charge is -2.44. The topological polar surface area (TPSA) is 25.0 Å². The maximum atomic E-state index is 7.26. The van der Waals surface area contributed by atoms with Crippen LogP contribution in [0.4, 0.5) is 0 Å². The highest BCUT2D eigenvalue weighted by atomic mass is 127. The molecule has 0 bridgehead atoms. The summed E-state index contributed by atoms with van der Waals surface area (Å²) in [5.41, 5.74) is 2.58. The van der Waals surface area contributed by atoms with Crippen LogP contribution < -0.4 is 10.4 Å². The molecule has 1 N–H and O–H groups in total. The first-order valence-electron chi connectivity index (χ1n) is 11.6. The maximum absolute atomic E-state index is 7.26. The molecule has 0 aliphatic carbocycles. The second-order valence-electron chi connectivity index (χ2n) is 10.8. The summed E-state index contributed by atoms with van der Waals surface area (Å²) in [6.07, 6.45) is 0.966. The third-order valence-electron chi connectivity index (χ3n) is 6.51. The van der Waals surface area contributed by atoms with Gasteiger partial charge in [0.15, 0.2) is 0 Å². The van der Waals surface area contributed by atoms with E-state index in [2.05, 4.69) is 147 Å². The molecular formula is C29H34INOSi. The molecule has 0 aliphatic rings. The van der Waals surface area contributed by atoms with E-state index in [0.29, 0.717) is 6.61 Å². The van der Waals surface area contributed by atoms with Gasteiger partial charge in [0.1, 0.15) is 0 Å². The lowest BCUT2D eigenvalue weighted by Crippen LogP contribution is -2.67. The van der Waals surface area contributed by atoms with Crippen molar-refractivity contribution in [2.45, 2.75) is 46.1 Å². The summed E-state index contributed by atoms with van der Waals surface area (Å²) in [7, 11) is -2.54. The lowest BCUT2D eigenvalue weighted by molar-refractivity contribution is 0.169. The Hall–Kier alpha value is -1.89. The van der Waals surface area contributed by atoms with Gasteiger partial charge in [-0.2, -0.15) is 0 Å². The first-order chi connectivity index (χ1) is 15.6. The zero-order chi connectivity index (χ0) is 23.7. The van der Waals surface area contributed by atoms with Gasteiger partial charge >= 0.3 is 0 Å². The van der Waals surface area contributed by atoms with Crippen LogP contribution in [0.2, 0.25) is 5.04 Å². The second kappa shape index (κ2) is 9.39. The Morgan fingerprint density at radius 3 is 1.82 bits per heavy atom. The van der Waals surface area contributed by atoms with E-state index in [0.717, 1.165) is 6.42 Å². The molecule has 0 radical (unpaired) electrons. The van der Waals surface area contributed by atoms with Gasteiger partial charge in [-0.25, -0.2) is 0 Å². The van der Waals surface area contributed by atoms with Gasteiger partial charge in [-0.15, -0.1) is 0 Å². The first kappa shape index (κ1) is 24.2. The van der Waals surface area contributed by atoms with Crippen molar-refractivity contribution in [3.05, 3.63) is 94.2 Å². The Kier molecular flexibility index (Phi) is 6.90. The van der Waals surface area contributed by atoms with Crippen LogP contribution in [0.1, 0.15) is 40.2 Å². The van der Waals surface area contributed by atoms with Crippen molar-refractivity contribution < 1.29 is 4.43 Å². The standard InChI is InChI=1S/C29H34INOSi/c1-28(2,3)33(22-14-8-6-9-15-22,23-16-10-7-11-17-23)32-21-29(4,5)20-25-24-18-12-13-19-26(24)31-27(25)30/h6-19,31H,20-21H2,1-5H3. The molecule has 172 valence electrons. The minimum absolute atomic E-state index is 0.0129. The summed E-state index contributed by atoms with van der Waals surface area (Å²) in [6.45, 7) is 12.4. The Morgan fingerprint density at radius 1 is 0.758 bits per heavy atom. The normalized spacial score (nSPS) is 12.9. The Bertz CT molecular complexity index is 1170. The van der Waals surface area contributed by atoms with Crippen molar-refractivity contribution in [3.63, 3.8) is 0 Å². The molecule has 0 amide bonds. The van der Waals surface area contributed by atoms with E-state index < -0.39 is 8.32 Å². The van der Waals surface area contributed by atoms with E-state index in [9.17, 15) is 0 Å². The van der Waals surface area contributed by atoms with Crippen molar-refractivity contribution in [3.8, 4) is 0 Å². The largest absolute Gasteiger partial charge is 0.407 e. The number of halogens is 1. The minimum Gasteiger partial charge on any atom is -0.407 e. The minimum atomic E-state index is -2.54. The quantitative estimate of drug-likeness (QED) is 0.190. The zero-order valence-corrected chi connectivity index (χ0v) is 23.4. The van der Waals surface area contributed by atoms with E-state index in [4.69, 9.17) is 4.43 Å². The van der Waals surface area contributed by atoms with Gasteiger partial charge in [-0.3, -0.25) is 0 Å². The van der Waals surface area contributed by atoms with E-state index in [1.165, 1.54) is 30.5 Å². The Morgan fingerprint density at radius 2 is 1.27 bits per heavy atom. The molecule has 0 saturated carbocycles. The summed E-state index contributed by atoms with van der Waals surface area (Å²) in [5, 5.41) is 3.98. The van der Waals surface area contributed by atoms with Gasteiger partial charge in [0.2, 0.25) is 0 Å². The van der Waals surface area contributed by atoms with E-state index in [1.807, 2.05) is 0 Å². The molecule has 0 fully saturated rings. The molecule has 0 unspecified atom stereocenters. The first-order valence-corrected chi connectivity index (χ1v) is 14.6. The number of para-hydroxylation sites is 1. The van der Waals surface area contributed by atoms with Crippen LogP contribution in [-0.2, 0) is 10.8 Å². The molecule has 0 aliphatic heterocycles. The van der Waals surface area contributed by atoms with Gasteiger partial charge in [-0.05, 0) is 61.5 Å². The number of H-pyrrole nitrogens is 1. The number of hydrogen-bond donors (Lipinski definition) is 1. The molecular weight excluding hydrogens is 533 g/mol. The lowest BCUT2D eigenvalue weighted by atomic mass is 9.87. The van der Waals surface area contributed by atoms with Crippen LogP contribution in [0.25, 0.3) is 10.9 Å². The maximum Gasteiger partial charge on any atom is 0.261 e. The number of rotatable bonds is 7. The average molecular weight is 568 g/mol. The van der Waals surface area contributed by atoms with Gasteiger partial charge in [0.25, 0.3) is 8.32 Å². The number of aromatic amines is 1. The molecule has 4 heteroatoms. The van der Waals surface area contributed by atoms with E-state index >= 15 is 0 Å². The van der Waals surface area contributed by atoms with Crippen molar-refractivity contribution >= 4 is 52.2 Å². The SMILES string of the molecule is CC(C)(CO[Si](c1ccccc1)(c1ccccc1)C(C)(C)C)Cc1c(I)[nH]c2ccccc12. The smallest absolute Gasteiger partial charge is 0.261 e. The van der Waals surface area contributed by atoms with Crippen LogP contribution in [0.15, 0.2) is 84.9 Å². The van der Waals surface area contributed by atoms with Crippen LogP contribution in [0, 0.1) is 9.12 Å². The summed E-state index contributed by atoms with van der Waals surface area (Å²) in [4.78, 5) is 3.55. The van der Waals surface area contributed by atoms with Crippen LogP contribution in [0.3, 0.4) is 0 Å². The van der Waals surface area contributed by atoms with Gasteiger partial charge in [0, 0.05) is 17.5 Å². The van der Waals surface area contributed by atoms with Crippen molar-refractivity contribution in [1.29, 1.82) is 0 Å². The highest BCUT2D eigenvalue weighted by molar-refractivity contribution is 14.1. The molecule has 0 atom stereocenters. The average Bonchev–Trinajstić information content (AvgIpc) is 3.09. The second-order valence-corrected chi connectivity index (χ2v) is 16.1. The molecule has 1 heterocycles. The van der Waals surface area contributed by atoms with E-state index in [1.54, 1.807) is 0 Å². The highest BCUT2D eigenvalue weighted by Crippen LogP contribution is 2.39. The van der Waals surface area contributed by atoms with Crippen LogP contribution in [0.5, 0.6) is 0 Å². The fraction of sp³-hybridized carbons (Fsp3) is 0.310. The number of aromatic nitrogens is 1. The van der Waals surface area contributed by atoms with Crippen molar-refractivity contribution in [2.75, 3.05) is 6.61 Å². The molecule has 1 aromatic heterocycles. The third kappa shape index (κ3) is 4.84. The summed E-state index contributed by atoms with van der Waals surface area (Å²) in [5.74, 6) is 0. The predicted octanol–water partition coefficient (Wildman–Crippen LogP) is 6.92. The number of benzene rings is 3.